The molecule has 9 heteroatoms. The summed E-state index contributed by atoms with van der Waals surface area (Å²) in [5.41, 5.74) is 1.65. The molecular weight excluding hydrogens is 347 g/mol. The lowest BCUT2D eigenvalue weighted by Crippen LogP contribution is -2.28. The molecule has 1 heterocycles. The number of aryl methyl sites for hydroxylation is 2. The second kappa shape index (κ2) is 7.75. The SMILES string of the molecule is Cc1nn(C)cc1[C@@H](C)NS(=O)(=O)c1cccc(C(=O)NCCF)c1. The van der Waals surface area contributed by atoms with Gasteiger partial charge in [0, 0.05) is 37.0 Å². The van der Waals surface area contributed by atoms with Crippen molar-refractivity contribution in [3.63, 3.8) is 0 Å². The maximum absolute atomic E-state index is 12.6. The first-order valence-electron chi connectivity index (χ1n) is 7.71. The molecule has 25 heavy (non-hydrogen) atoms. The summed E-state index contributed by atoms with van der Waals surface area (Å²) in [5.74, 6) is -0.522. The molecule has 0 radical (unpaired) electrons. The molecule has 0 unspecified atom stereocenters. The Morgan fingerprint density at radius 3 is 2.72 bits per heavy atom. The summed E-state index contributed by atoms with van der Waals surface area (Å²) in [7, 11) is -2.07. The molecule has 1 aromatic heterocycles. The van der Waals surface area contributed by atoms with E-state index in [1.165, 1.54) is 24.3 Å². The Kier molecular flexibility index (Phi) is 5.91. The largest absolute Gasteiger partial charge is 0.349 e. The number of alkyl halides is 1. The zero-order valence-electron chi connectivity index (χ0n) is 14.3. The van der Waals surface area contributed by atoms with E-state index in [0.29, 0.717) is 0 Å². The fraction of sp³-hybridized carbons (Fsp3) is 0.375. The molecule has 1 amide bonds. The molecule has 136 valence electrons. The highest BCUT2D eigenvalue weighted by Gasteiger charge is 2.21. The zero-order chi connectivity index (χ0) is 18.6. The number of sulfonamides is 1. The van der Waals surface area contributed by atoms with E-state index in [2.05, 4.69) is 15.1 Å². The van der Waals surface area contributed by atoms with Gasteiger partial charge >= 0.3 is 0 Å². The van der Waals surface area contributed by atoms with Crippen LogP contribution >= 0.6 is 0 Å². The van der Waals surface area contributed by atoms with E-state index in [-0.39, 0.29) is 17.0 Å². The first-order chi connectivity index (χ1) is 11.7. The minimum atomic E-state index is -3.83. The van der Waals surface area contributed by atoms with Crippen LogP contribution in [0.15, 0.2) is 35.4 Å². The van der Waals surface area contributed by atoms with Crippen molar-refractivity contribution in [2.75, 3.05) is 13.2 Å². The number of nitrogens with one attached hydrogen (secondary N) is 2. The van der Waals surface area contributed by atoms with Crippen molar-refractivity contribution < 1.29 is 17.6 Å². The van der Waals surface area contributed by atoms with Gasteiger partial charge in [-0.25, -0.2) is 17.5 Å². The van der Waals surface area contributed by atoms with E-state index in [1.54, 1.807) is 31.8 Å². The lowest BCUT2D eigenvalue weighted by molar-refractivity contribution is 0.0950. The third kappa shape index (κ3) is 4.64. The number of hydrogen-bond acceptors (Lipinski definition) is 4. The third-order valence-electron chi connectivity index (χ3n) is 3.64. The smallest absolute Gasteiger partial charge is 0.251 e. The average Bonchev–Trinajstić information content (AvgIpc) is 2.91. The van der Waals surface area contributed by atoms with E-state index in [4.69, 9.17) is 0 Å². The quantitative estimate of drug-likeness (QED) is 0.774. The van der Waals surface area contributed by atoms with E-state index < -0.39 is 28.6 Å². The second-order valence-electron chi connectivity index (χ2n) is 5.66. The minimum absolute atomic E-state index is 0.0335. The molecule has 0 fully saturated rings. The highest BCUT2D eigenvalue weighted by molar-refractivity contribution is 7.89. The van der Waals surface area contributed by atoms with Gasteiger partial charge in [-0.15, -0.1) is 0 Å². The number of benzene rings is 1. The molecule has 0 aliphatic rings. The van der Waals surface area contributed by atoms with Crippen LogP contribution in [0, 0.1) is 6.92 Å². The van der Waals surface area contributed by atoms with Gasteiger partial charge in [-0.3, -0.25) is 9.48 Å². The van der Waals surface area contributed by atoms with E-state index in [9.17, 15) is 17.6 Å². The fourth-order valence-corrected chi connectivity index (χ4v) is 3.74. The number of rotatable bonds is 7. The van der Waals surface area contributed by atoms with Crippen molar-refractivity contribution in [3.8, 4) is 0 Å². The molecule has 0 spiro atoms. The van der Waals surface area contributed by atoms with Gasteiger partial charge in [0.1, 0.15) is 6.67 Å². The average molecular weight is 368 g/mol. The highest BCUT2D eigenvalue weighted by Crippen LogP contribution is 2.19. The number of amides is 1. The second-order valence-corrected chi connectivity index (χ2v) is 7.37. The molecule has 0 bridgehead atoms. The van der Waals surface area contributed by atoms with Gasteiger partial charge in [-0.1, -0.05) is 6.07 Å². The Hall–Kier alpha value is -2.26. The monoisotopic (exact) mass is 368 g/mol. The van der Waals surface area contributed by atoms with Gasteiger partial charge in [-0.2, -0.15) is 5.10 Å². The van der Waals surface area contributed by atoms with Gasteiger partial charge in [0.2, 0.25) is 10.0 Å². The van der Waals surface area contributed by atoms with Crippen LogP contribution in [0.2, 0.25) is 0 Å². The molecule has 0 saturated carbocycles. The molecule has 7 nitrogen and oxygen atoms in total. The first-order valence-corrected chi connectivity index (χ1v) is 9.19. The molecule has 0 aliphatic carbocycles. The van der Waals surface area contributed by atoms with E-state index in [1.807, 2.05) is 0 Å². The molecule has 2 rings (SSSR count). The topological polar surface area (TPSA) is 93.1 Å². The van der Waals surface area contributed by atoms with Crippen molar-refractivity contribution in [1.29, 1.82) is 0 Å². The molecular formula is C16H21FN4O3S. The summed E-state index contributed by atoms with van der Waals surface area (Å²) in [6.07, 6.45) is 1.75. The zero-order valence-corrected chi connectivity index (χ0v) is 15.1. The van der Waals surface area contributed by atoms with Crippen LogP contribution in [0.5, 0.6) is 0 Å². The number of nitrogens with zero attached hydrogens (tertiary/aromatic N) is 2. The lowest BCUT2D eigenvalue weighted by Gasteiger charge is -2.14. The van der Waals surface area contributed by atoms with Crippen LogP contribution in [0.3, 0.4) is 0 Å². The predicted molar refractivity (Wildman–Crippen MR) is 91.4 cm³/mol. The van der Waals surface area contributed by atoms with Crippen LogP contribution in [0.1, 0.15) is 34.6 Å². The van der Waals surface area contributed by atoms with Crippen molar-refractivity contribution >= 4 is 15.9 Å². The van der Waals surface area contributed by atoms with Crippen molar-refractivity contribution in [1.82, 2.24) is 19.8 Å². The Labute approximate surface area is 146 Å². The number of aromatic nitrogens is 2. The normalized spacial score (nSPS) is 12.8. The minimum Gasteiger partial charge on any atom is -0.349 e. The molecule has 0 aliphatic heterocycles. The third-order valence-corrected chi connectivity index (χ3v) is 5.17. The Balaban J connectivity index is 2.22. The van der Waals surface area contributed by atoms with Crippen LogP contribution in [0.4, 0.5) is 4.39 Å². The van der Waals surface area contributed by atoms with Crippen molar-refractivity contribution in [2.24, 2.45) is 7.05 Å². The van der Waals surface area contributed by atoms with Crippen LogP contribution in [-0.2, 0) is 17.1 Å². The molecule has 1 aromatic carbocycles. The maximum Gasteiger partial charge on any atom is 0.251 e. The van der Waals surface area contributed by atoms with Gasteiger partial charge in [0.15, 0.2) is 0 Å². The van der Waals surface area contributed by atoms with Crippen molar-refractivity contribution in [2.45, 2.75) is 24.8 Å². The van der Waals surface area contributed by atoms with E-state index in [0.717, 1.165) is 11.3 Å². The number of hydrogen-bond donors (Lipinski definition) is 2. The van der Waals surface area contributed by atoms with Crippen LogP contribution < -0.4 is 10.0 Å². The van der Waals surface area contributed by atoms with Crippen molar-refractivity contribution in [3.05, 3.63) is 47.3 Å². The predicted octanol–water partition coefficient (Wildman–Crippen LogP) is 1.47. The van der Waals surface area contributed by atoms with Gasteiger partial charge in [-0.05, 0) is 32.0 Å². The first kappa shape index (κ1) is 19.1. The summed E-state index contributed by atoms with van der Waals surface area (Å²) in [5, 5.41) is 6.56. The summed E-state index contributed by atoms with van der Waals surface area (Å²) in [6, 6.07) is 5.12. The maximum atomic E-state index is 12.6. The Morgan fingerprint density at radius 2 is 2.12 bits per heavy atom. The van der Waals surface area contributed by atoms with Crippen LogP contribution in [-0.4, -0.2) is 37.3 Å². The van der Waals surface area contributed by atoms with Gasteiger partial charge < -0.3 is 5.32 Å². The van der Waals surface area contributed by atoms with Crippen LogP contribution in [0.25, 0.3) is 0 Å². The molecule has 0 saturated heterocycles. The number of carbonyl (C=O) groups excluding carboxylic acids is 1. The lowest BCUT2D eigenvalue weighted by atomic mass is 10.1. The molecule has 2 N–H and O–H groups in total. The Bertz CT molecular complexity index is 864. The standard InChI is InChI=1S/C16H21FN4O3S/c1-11-15(10-21(3)19-11)12(2)20-25(23,24)14-6-4-5-13(9-14)16(22)18-8-7-17/h4-6,9-10,12,20H,7-8H2,1-3H3,(H,18,22)/t12-/m1/s1. The Morgan fingerprint density at radius 1 is 1.40 bits per heavy atom. The molecule has 2 aromatic rings. The van der Waals surface area contributed by atoms with E-state index >= 15 is 0 Å². The summed E-state index contributed by atoms with van der Waals surface area (Å²) < 4.78 is 41.5. The van der Waals surface area contributed by atoms with Gasteiger partial charge in [0.25, 0.3) is 5.91 Å². The number of halogens is 1. The number of carbonyl (C=O) groups is 1. The highest BCUT2D eigenvalue weighted by atomic mass is 32.2. The summed E-state index contributed by atoms with van der Waals surface area (Å²) >= 11 is 0. The summed E-state index contributed by atoms with van der Waals surface area (Å²) in [6.45, 7) is 2.72. The van der Waals surface area contributed by atoms with Gasteiger partial charge in [0.05, 0.1) is 10.6 Å². The molecule has 1 atom stereocenters. The summed E-state index contributed by atoms with van der Waals surface area (Å²) in [4.78, 5) is 11.8. The fourth-order valence-electron chi connectivity index (χ4n) is 2.47.